The highest BCUT2D eigenvalue weighted by Crippen LogP contribution is 2.21. The van der Waals surface area contributed by atoms with Gasteiger partial charge in [-0.15, -0.1) is 30.6 Å². The standard InChI is InChI=1S/C18H27N3.HI/c1-3-12-20-18(19-4-2)21-13-10-17(11-14-21)15-16-8-6-5-7-9-16;/h3,5-9,17H,1,4,10-15H2,2H3,(H,19,20);1H. The van der Waals surface area contributed by atoms with Crippen LogP contribution < -0.4 is 5.32 Å². The van der Waals surface area contributed by atoms with E-state index in [0.717, 1.165) is 31.5 Å². The zero-order valence-corrected chi connectivity index (χ0v) is 15.8. The van der Waals surface area contributed by atoms with E-state index in [-0.39, 0.29) is 24.0 Å². The maximum absolute atomic E-state index is 4.58. The molecule has 22 heavy (non-hydrogen) atoms. The zero-order valence-electron chi connectivity index (χ0n) is 13.5. The van der Waals surface area contributed by atoms with Crippen LogP contribution in [0.3, 0.4) is 0 Å². The van der Waals surface area contributed by atoms with Crippen LogP contribution in [0.2, 0.25) is 0 Å². The molecule has 1 fully saturated rings. The van der Waals surface area contributed by atoms with Crippen molar-refractivity contribution in [1.29, 1.82) is 0 Å². The van der Waals surface area contributed by atoms with Gasteiger partial charge >= 0.3 is 0 Å². The molecular formula is C18H28IN3. The van der Waals surface area contributed by atoms with Crippen LogP contribution in [0.1, 0.15) is 25.3 Å². The fourth-order valence-corrected chi connectivity index (χ4v) is 2.87. The van der Waals surface area contributed by atoms with Gasteiger partial charge in [0.1, 0.15) is 0 Å². The van der Waals surface area contributed by atoms with E-state index < -0.39 is 0 Å². The molecule has 0 atom stereocenters. The molecule has 1 N–H and O–H groups in total. The number of hydrogen-bond donors (Lipinski definition) is 1. The molecule has 1 aliphatic rings. The minimum atomic E-state index is 0. The number of guanidine groups is 1. The third kappa shape index (κ3) is 5.99. The number of likely N-dealkylation sites (tertiary alicyclic amines) is 1. The predicted molar refractivity (Wildman–Crippen MR) is 106 cm³/mol. The van der Waals surface area contributed by atoms with Gasteiger partial charge in [0, 0.05) is 19.6 Å². The molecule has 1 saturated heterocycles. The van der Waals surface area contributed by atoms with Crippen molar-refractivity contribution in [1.82, 2.24) is 10.2 Å². The average Bonchev–Trinajstić information content (AvgIpc) is 2.53. The molecule has 1 aromatic carbocycles. The lowest BCUT2D eigenvalue weighted by Crippen LogP contribution is -2.45. The van der Waals surface area contributed by atoms with E-state index in [4.69, 9.17) is 0 Å². The molecule has 0 saturated carbocycles. The van der Waals surface area contributed by atoms with Gasteiger partial charge in [-0.1, -0.05) is 36.4 Å². The van der Waals surface area contributed by atoms with E-state index in [1.807, 2.05) is 6.08 Å². The Morgan fingerprint density at radius 2 is 2.00 bits per heavy atom. The van der Waals surface area contributed by atoms with Crippen LogP contribution in [0.25, 0.3) is 0 Å². The van der Waals surface area contributed by atoms with Crippen molar-refractivity contribution in [3.63, 3.8) is 0 Å². The van der Waals surface area contributed by atoms with Gasteiger partial charge in [-0.05, 0) is 37.7 Å². The first-order chi connectivity index (χ1) is 10.3. The third-order valence-corrected chi connectivity index (χ3v) is 3.99. The number of halogens is 1. The predicted octanol–water partition coefficient (Wildman–Crippen LogP) is 3.71. The highest BCUT2D eigenvalue weighted by molar-refractivity contribution is 14.0. The number of benzene rings is 1. The molecule has 0 bridgehead atoms. The van der Waals surface area contributed by atoms with E-state index in [2.05, 4.69) is 59.0 Å². The van der Waals surface area contributed by atoms with Gasteiger partial charge in [0.25, 0.3) is 0 Å². The fourth-order valence-electron chi connectivity index (χ4n) is 2.87. The largest absolute Gasteiger partial charge is 0.357 e. The van der Waals surface area contributed by atoms with Crippen molar-refractivity contribution < 1.29 is 0 Å². The van der Waals surface area contributed by atoms with Crippen molar-refractivity contribution in [2.24, 2.45) is 10.9 Å². The third-order valence-electron chi connectivity index (χ3n) is 3.99. The van der Waals surface area contributed by atoms with Crippen molar-refractivity contribution >= 4 is 29.9 Å². The molecule has 1 heterocycles. The van der Waals surface area contributed by atoms with Gasteiger partial charge in [-0.25, -0.2) is 4.99 Å². The first-order valence-electron chi connectivity index (χ1n) is 8.01. The van der Waals surface area contributed by atoms with Crippen molar-refractivity contribution in [3.05, 3.63) is 48.6 Å². The molecule has 0 aliphatic carbocycles. The smallest absolute Gasteiger partial charge is 0.194 e. The van der Waals surface area contributed by atoms with Crippen LogP contribution in [0.4, 0.5) is 0 Å². The summed E-state index contributed by atoms with van der Waals surface area (Å²) in [4.78, 5) is 6.96. The van der Waals surface area contributed by atoms with Gasteiger partial charge in [0.15, 0.2) is 5.96 Å². The Kier molecular flexibility index (Phi) is 9.20. The van der Waals surface area contributed by atoms with Crippen LogP contribution in [0.5, 0.6) is 0 Å². The highest BCUT2D eigenvalue weighted by atomic mass is 127. The van der Waals surface area contributed by atoms with Crippen molar-refractivity contribution in [3.8, 4) is 0 Å². The van der Waals surface area contributed by atoms with Gasteiger partial charge < -0.3 is 10.2 Å². The Bertz CT molecular complexity index is 451. The lowest BCUT2D eigenvalue weighted by atomic mass is 9.90. The van der Waals surface area contributed by atoms with E-state index >= 15 is 0 Å². The van der Waals surface area contributed by atoms with Crippen LogP contribution >= 0.6 is 24.0 Å². The van der Waals surface area contributed by atoms with E-state index in [0.29, 0.717) is 6.54 Å². The average molecular weight is 413 g/mol. The number of hydrogen-bond acceptors (Lipinski definition) is 1. The minimum absolute atomic E-state index is 0. The number of rotatable bonds is 5. The molecule has 2 rings (SSSR count). The summed E-state index contributed by atoms with van der Waals surface area (Å²) in [5.41, 5.74) is 1.46. The molecule has 3 nitrogen and oxygen atoms in total. The summed E-state index contributed by atoms with van der Waals surface area (Å²) in [5, 5.41) is 3.38. The molecule has 0 unspecified atom stereocenters. The molecule has 1 aromatic rings. The summed E-state index contributed by atoms with van der Waals surface area (Å²) in [6.07, 6.45) is 5.54. The number of aliphatic imine (C=N–C) groups is 1. The van der Waals surface area contributed by atoms with Crippen molar-refractivity contribution in [2.75, 3.05) is 26.2 Å². The SMILES string of the molecule is C=CCN=C(NCC)N1CCC(Cc2ccccc2)CC1.I. The Labute approximate surface area is 151 Å². The highest BCUT2D eigenvalue weighted by Gasteiger charge is 2.21. The summed E-state index contributed by atoms with van der Waals surface area (Å²) < 4.78 is 0. The molecule has 1 aliphatic heterocycles. The lowest BCUT2D eigenvalue weighted by Gasteiger charge is -2.34. The first kappa shape index (κ1) is 19.0. The van der Waals surface area contributed by atoms with Gasteiger partial charge in [0.2, 0.25) is 0 Å². The van der Waals surface area contributed by atoms with E-state index in [1.165, 1.54) is 24.8 Å². The molecule has 0 amide bonds. The lowest BCUT2D eigenvalue weighted by molar-refractivity contribution is 0.259. The maximum atomic E-state index is 4.58. The Balaban J connectivity index is 0.00000242. The van der Waals surface area contributed by atoms with Crippen LogP contribution in [-0.2, 0) is 6.42 Å². The van der Waals surface area contributed by atoms with Crippen molar-refractivity contribution in [2.45, 2.75) is 26.2 Å². The molecule has 122 valence electrons. The van der Waals surface area contributed by atoms with Crippen LogP contribution in [-0.4, -0.2) is 37.0 Å². The monoisotopic (exact) mass is 413 g/mol. The Hall–Kier alpha value is -1.04. The van der Waals surface area contributed by atoms with Gasteiger partial charge in [-0.3, -0.25) is 0 Å². The summed E-state index contributed by atoms with van der Waals surface area (Å²) in [7, 11) is 0. The van der Waals surface area contributed by atoms with Crippen LogP contribution in [0.15, 0.2) is 48.0 Å². The molecule has 0 spiro atoms. The molecule has 0 radical (unpaired) electrons. The van der Waals surface area contributed by atoms with Gasteiger partial charge in [-0.2, -0.15) is 0 Å². The van der Waals surface area contributed by atoms with Crippen LogP contribution in [0, 0.1) is 5.92 Å². The molecule has 0 aromatic heterocycles. The van der Waals surface area contributed by atoms with Gasteiger partial charge in [0.05, 0.1) is 6.54 Å². The summed E-state index contributed by atoms with van der Waals surface area (Å²) in [5.74, 6) is 1.83. The number of nitrogens with one attached hydrogen (secondary N) is 1. The quantitative estimate of drug-likeness (QED) is 0.345. The van der Waals surface area contributed by atoms with E-state index in [1.54, 1.807) is 0 Å². The van der Waals surface area contributed by atoms with E-state index in [9.17, 15) is 0 Å². The second-order valence-corrected chi connectivity index (χ2v) is 5.60. The second kappa shape index (κ2) is 10.6. The minimum Gasteiger partial charge on any atom is -0.357 e. The fraction of sp³-hybridized carbons (Fsp3) is 0.500. The maximum Gasteiger partial charge on any atom is 0.194 e. The zero-order chi connectivity index (χ0) is 14.9. The summed E-state index contributed by atoms with van der Waals surface area (Å²) in [6.45, 7) is 9.66. The normalized spacial score (nSPS) is 16.0. The summed E-state index contributed by atoms with van der Waals surface area (Å²) in [6, 6.07) is 10.8. The Morgan fingerprint density at radius 3 is 2.59 bits per heavy atom. The Morgan fingerprint density at radius 1 is 1.32 bits per heavy atom. The number of piperidine rings is 1. The molecule has 4 heteroatoms. The topological polar surface area (TPSA) is 27.6 Å². The second-order valence-electron chi connectivity index (χ2n) is 5.60. The first-order valence-corrected chi connectivity index (χ1v) is 8.01. The number of nitrogens with zero attached hydrogens (tertiary/aromatic N) is 2. The molecular weight excluding hydrogens is 385 g/mol. The summed E-state index contributed by atoms with van der Waals surface area (Å²) >= 11 is 0.